The molecule has 3 unspecified atom stereocenters. The minimum Gasteiger partial charge on any atom is -0.607 e. The number of carbonyl (C=O) groups excluding carboxylic acids is 3. The first-order valence-corrected chi connectivity index (χ1v) is 11.6. The quantitative estimate of drug-likeness (QED) is 0.141. The summed E-state index contributed by atoms with van der Waals surface area (Å²) in [5.41, 5.74) is 0.872. The average molecular weight is 466 g/mol. The predicted molar refractivity (Wildman–Crippen MR) is 121 cm³/mol. The summed E-state index contributed by atoms with van der Waals surface area (Å²) in [4.78, 5) is 39.4. The van der Waals surface area contributed by atoms with Gasteiger partial charge in [-0.2, -0.15) is 0 Å². The highest BCUT2D eigenvalue weighted by Gasteiger charge is 2.57. The first-order valence-electron chi connectivity index (χ1n) is 10.5. The number of ether oxygens (including phenoxy) is 2. The van der Waals surface area contributed by atoms with E-state index in [0.717, 1.165) is 5.56 Å². The molecule has 1 saturated heterocycles. The molecule has 33 heavy (non-hydrogen) atoms. The van der Waals surface area contributed by atoms with E-state index in [1.165, 1.54) is 12.0 Å². The molecule has 1 fully saturated rings. The SMILES string of the molecule is COC(C=O)=CCC1C(=O)N2C(C(=O)OCc3ccccc3)=C([S+]([O-])c3ccccc3)CC12. The topological polar surface area (TPSA) is 96.0 Å². The second kappa shape index (κ2) is 10.1. The Labute approximate surface area is 194 Å². The van der Waals surface area contributed by atoms with Crippen LogP contribution in [0.4, 0.5) is 0 Å². The molecular weight excluding hydrogens is 442 g/mol. The molecule has 0 radical (unpaired) electrons. The summed E-state index contributed by atoms with van der Waals surface area (Å²) in [6, 6.07) is 17.7. The number of carbonyl (C=O) groups is 3. The van der Waals surface area contributed by atoms with Crippen molar-refractivity contribution in [1.82, 2.24) is 4.90 Å². The Bertz CT molecular complexity index is 1100. The number of benzene rings is 2. The lowest BCUT2D eigenvalue weighted by molar-refractivity contribution is -0.157. The summed E-state index contributed by atoms with van der Waals surface area (Å²) < 4.78 is 23.8. The minimum absolute atomic E-state index is 0.0455. The third kappa shape index (κ3) is 4.58. The number of aldehydes is 1. The van der Waals surface area contributed by atoms with Crippen LogP contribution in [0.15, 0.2) is 88.0 Å². The normalized spacial score (nSPS) is 20.7. The first-order chi connectivity index (χ1) is 16.0. The second-order valence-electron chi connectivity index (χ2n) is 7.67. The van der Waals surface area contributed by atoms with Gasteiger partial charge >= 0.3 is 5.97 Å². The lowest BCUT2D eigenvalue weighted by Gasteiger charge is -2.42. The summed E-state index contributed by atoms with van der Waals surface area (Å²) in [6.45, 7) is 0.0455. The molecule has 170 valence electrons. The fourth-order valence-corrected chi connectivity index (χ4v) is 5.44. The van der Waals surface area contributed by atoms with Gasteiger partial charge in [-0.15, -0.1) is 0 Å². The molecule has 0 bridgehead atoms. The molecule has 0 saturated carbocycles. The van der Waals surface area contributed by atoms with E-state index in [4.69, 9.17) is 9.47 Å². The van der Waals surface area contributed by atoms with Gasteiger partial charge < -0.3 is 14.0 Å². The molecule has 0 aliphatic carbocycles. The summed E-state index contributed by atoms with van der Waals surface area (Å²) in [5, 5.41) is 0. The standard InChI is InChI=1S/C25H23NO6S/c1-31-18(15-27)12-13-20-21-14-22(33(30)19-10-6-3-7-11-19)23(26(21)24(20)28)25(29)32-16-17-8-4-2-5-9-17/h2-12,15,20-21H,13-14,16H2,1H3. The van der Waals surface area contributed by atoms with Crippen LogP contribution >= 0.6 is 0 Å². The van der Waals surface area contributed by atoms with Crippen molar-refractivity contribution in [3.05, 3.63) is 88.7 Å². The number of esters is 1. The Balaban J connectivity index is 1.59. The molecule has 2 aromatic rings. The second-order valence-corrected chi connectivity index (χ2v) is 9.17. The highest BCUT2D eigenvalue weighted by atomic mass is 32.2. The number of allylic oxidation sites excluding steroid dienone is 2. The number of hydrogen-bond donors (Lipinski definition) is 0. The van der Waals surface area contributed by atoms with E-state index in [0.29, 0.717) is 28.9 Å². The molecule has 0 aromatic heterocycles. The van der Waals surface area contributed by atoms with Crippen LogP contribution in [0.3, 0.4) is 0 Å². The molecule has 1 amide bonds. The number of nitrogens with zero attached hydrogens (tertiary/aromatic N) is 1. The van der Waals surface area contributed by atoms with Crippen LogP contribution in [0.2, 0.25) is 0 Å². The maximum atomic E-state index is 13.4. The third-order valence-corrected chi connectivity index (χ3v) is 7.27. The van der Waals surface area contributed by atoms with Crippen LogP contribution in [0, 0.1) is 5.92 Å². The van der Waals surface area contributed by atoms with Gasteiger partial charge in [-0.05, 0) is 30.2 Å². The molecule has 2 heterocycles. The van der Waals surface area contributed by atoms with E-state index >= 15 is 0 Å². The van der Waals surface area contributed by atoms with Crippen molar-refractivity contribution in [3.63, 3.8) is 0 Å². The van der Waals surface area contributed by atoms with Gasteiger partial charge in [0.05, 0.1) is 19.1 Å². The van der Waals surface area contributed by atoms with Gasteiger partial charge in [-0.1, -0.05) is 48.5 Å². The number of hydrogen-bond acceptors (Lipinski definition) is 6. The van der Waals surface area contributed by atoms with E-state index in [2.05, 4.69) is 0 Å². The average Bonchev–Trinajstić information content (AvgIpc) is 3.22. The Morgan fingerprint density at radius 2 is 1.82 bits per heavy atom. The molecule has 3 atom stereocenters. The van der Waals surface area contributed by atoms with Gasteiger partial charge in [0.2, 0.25) is 5.91 Å². The van der Waals surface area contributed by atoms with Gasteiger partial charge in [0.15, 0.2) is 27.5 Å². The lowest BCUT2D eigenvalue weighted by atomic mass is 9.84. The molecule has 2 aromatic carbocycles. The van der Waals surface area contributed by atoms with E-state index in [-0.39, 0.29) is 30.0 Å². The fraction of sp³-hybridized carbons (Fsp3) is 0.240. The highest BCUT2D eigenvalue weighted by molar-refractivity contribution is 7.95. The molecular formula is C25H23NO6S. The van der Waals surface area contributed by atoms with Gasteiger partial charge in [0, 0.05) is 17.6 Å². The summed E-state index contributed by atoms with van der Waals surface area (Å²) in [6.07, 6.45) is 2.73. The van der Waals surface area contributed by atoms with Crippen molar-refractivity contribution >= 4 is 29.3 Å². The number of β-lactam (4-membered cyclic amide) rings is 1. The monoisotopic (exact) mass is 465 g/mol. The van der Waals surface area contributed by atoms with Crippen molar-refractivity contribution in [2.75, 3.05) is 7.11 Å². The number of methoxy groups -OCH3 is 1. The molecule has 7 nitrogen and oxygen atoms in total. The van der Waals surface area contributed by atoms with Crippen molar-refractivity contribution in [3.8, 4) is 0 Å². The van der Waals surface area contributed by atoms with E-state index in [1.807, 2.05) is 36.4 Å². The number of fused-ring (bicyclic) bond motifs is 1. The van der Waals surface area contributed by atoms with Crippen LogP contribution < -0.4 is 0 Å². The zero-order valence-corrected chi connectivity index (χ0v) is 18.8. The van der Waals surface area contributed by atoms with Crippen LogP contribution in [0.5, 0.6) is 0 Å². The van der Waals surface area contributed by atoms with Gasteiger partial charge in [-0.3, -0.25) is 14.5 Å². The van der Waals surface area contributed by atoms with Crippen LogP contribution in [-0.4, -0.2) is 40.8 Å². The van der Waals surface area contributed by atoms with Gasteiger partial charge in [0.1, 0.15) is 6.61 Å². The summed E-state index contributed by atoms with van der Waals surface area (Å²) in [5.74, 6) is -1.22. The molecule has 2 aliphatic rings. The maximum Gasteiger partial charge on any atom is 0.360 e. The minimum atomic E-state index is -1.62. The third-order valence-electron chi connectivity index (χ3n) is 5.76. The lowest BCUT2D eigenvalue weighted by Crippen LogP contribution is -2.58. The number of rotatable bonds is 9. The van der Waals surface area contributed by atoms with Crippen molar-refractivity contribution in [2.45, 2.75) is 30.4 Å². The van der Waals surface area contributed by atoms with Crippen molar-refractivity contribution < 1.29 is 28.4 Å². The summed E-state index contributed by atoms with van der Waals surface area (Å²) in [7, 11) is 1.38. The summed E-state index contributed by atoms with van der Waals surface area (Å²) >= 11 is -1.62. The smallest absolute Gasteiger partial charge is 0.360 e. The van der Waals surface area contributed by atoms with Crippen LogP contribution in [0.25, 0.3) is 0 Å². The van der Waals surface area contributed by atoms with E-state index < -0.39 is 23.1 Å². The highest BCUT2D eigenvalue weighted by Crippen LogP contribution is 2.47. The predicted octanol–water partition coefficient (Wildman–Crippen LogP) is 3.10. The first kappa shape index (κ1) is 22.8. The maximum absolute atomic E-state index is 13.4. The van der Waals surface area contributed by atoms with Crippen molar-refractivity contribution in [1.29, 1.82) is 0 Å². The zero-order valence-electron chi connectivity index (χ0n) is 18.0. The molecule has 2 aliphatic heterocycles. The van der Waals surface area contributed by atoms with Crippen LogP contribution in [-0.2, 0) is 41.6 Å². The molecule has 0 N–H and O–H groups in total. The van der Waals surface area contributed by atoms with Gasteiger partial charge in [-0.25, -0.2) is 4.79 Å². The van der Waals surface area contributed by atoms with E-state index in [9.17, 15) is 18.9 Å². The van der Waals surface area contributed by atoms with Crippen LogP contribution in [0.1, 0.15) is 18.4 Å². The Kier molecular flexibility index (Phi) is 6.96. The Morgan fingerprint density at radius 1 is 1.15 bits per heavy atom. The molecule has 4 rings (SSSR count). The zero-order chi connectivity index (χ0) is 23.4. The van der Waals surface area contributed by atoms with E-state index in [1.54, 1.807) is 30.3 Å². The van der Waals surface area contributed by atoms with Crippen molar-refractivity contribution in [2.24, 2.45) is 5.92 Å². The number of amides is 1. The Morgan fingerprint density at radius 3 is 2.45 bits per heavy atom. The largest absolute Gasteiger partial charge is 0.607 e. The van der Waals surface area contributed by atoms with Gasteiger partial charge in [0.25, 0.3) is 0 Å². The molecule has 8 heteroatoms. The fourth-order valence-electron chi connectivity index (χ4n) is 4.07. The Hall–Kier alpha value is -3.36. The molecule has 0 spiro atoms.